The van der Waals surface area contributed by atoms with Gasteiger partial charge >= 0.3 is 37.6 Å². The smallest absolute Gasteiger partial charge is 0.591 e. The van der Waals surface area contributed by atoms with Gasteiger partial charge in [-0.25, -0.2) is 0 Å². The number of benzene rings is 3. The van der Waals surface area contributed by atoms with E-state index in [4.69, 9.17) is 0 Å². The molecular weight excluding hydrogens is 333 g/mol. The Bertz CT molecular complexity index is 723. The molecule has 0 heterocycles. The van der Waals surface area contributed by atoms with Crippen molar-refractivity contribution in [1.82, 2.24) is 0 Å². The van der Waals surface area contributed by atoms with Crippen LogP contribution in [0.2, 0.25) is 0 Å². The second-order valence-corrected chi connectivity index (χ2v) is 8.03. The van der Waals surface area contributed by atoms with Crippen LogP contribution in [-0.4, -0.2) is 0 Å². The maximum absolute atomic E-state index is 11.1. The van der Waals surface area contributed by atoms with Crippen molar-refractivity contribution in [1.29, 1.82) is 0 Å². The molecular formula is C18H14NaO2P2+. The normalized spacial score (nSPS) is 11.0. The Balaban J connectivity index is 0.00000192. The summed E-state index contributed by atoms with van der Waals surface area (Å²) >= 11 is 0. The Morgan fingerprint density at radius 1 is 0.652 bits per heavy atom. The summed E-state index contributed by atoms with van der Waals surface area (Å²) in [5.41, 5.74) is 0. The van der Waals surface area contributed by atoms with Crippen molar-refractivity contribution < 1.29 is 39.0 Å². The molecule has 108 valence electrons. The quantitative estimate of drug-likeness (QED) is 0.457. The molecule has 3 rings (SSSR count). The van der Waals surface area contributed by atoms with Gasteiger partial charge in [0.25, 0.3) is 0 Å². The van der Waals surface area contributed by atoms with Gasteiger partial charge in [-0.15, -0.1) is 0 Å². The number of rotatable bonds is 4. The average molecular weight is 347 g/mol. The van der Waals surface area contributed by atoms with E-state index in [0.29, 0.717) is 5.30 Å². The summed E-state index contributed by atoms with van der Waals surface area (Å²) in [6, 6.07) is 27.9. The summed E-state index contributed by atoms with van der Waals surface area (Å²) < 4.78 is 11.1. The summed E-state index contributed by atoms with van der Waals surface area (Å²) in [5.74, 6) is 0. The minimum absolute atomic E-state index is 0. The van der Waals surface area contributed by atoms with Crippen LogP contribution in [-0.2, 0) is 4.57 Å². The van der Waals surface area contributed by atoms with Crippen LogP contribution in [0.5, 0.6) is 0 Å². The van der Waals surface area contributed by atoms with E-state index in [2.05, 4.69) is 24.3 Å². The number of hydrogen-bond donors (Lipinski definition) is 0. The van der Waals surface area contributed by atoms with E-state index >= 15 is 0 Å². The molecule has 3 aromatic rings. The van der Waals surface area contributed by atoms with Gasteiger partial charge in [0.1, 0.15) is 0 Å². The molecule has 0 aromatic heterocycles. The molecule has 5 heteroatoms. The van der Waals surface area contributed by atoms with E-state index in [1.807, 2.05) is 48.5 Å². The van der Waals surface area contributed by atoms with Crippen molar-refractivity contribution >= 4 is 37.2 Å². The molecule has 1 unspecified atom stereocenters. The monoisotopic (exact) mass is 347 g/mol. The minimum Gasteiger partial charge on any atom is -0.591 e. The van der Waals surface area contributed by atoms with E-state index in [1.165, 1.54) is 10.6 Å². The standard InChI is InChI=1S/C18H14O2P2.Na/c19-22(20)18-13-11-17(12-14-18)21(15-7-3-1-4-8-15)16-9-5-2-6-10-16;/h1-14H;/q;+1. The summed E-state index contributed by atoms with van der Waals surface area (Å²) in [5, 5.41) is 4.01. The Morgan fingerprint density at radius 2 is 1.04 bits per heavy atom. The summed E-state index contributed by atoms with van der Waals surface area (Å²) in [6.07, 6.45) is 0. The Labute approximate surface area is 160 Å². The molecule has 0 aliphatic carbocycles. The average Bonchev–Trinajstić information content (AvgIpc) is 2.57. The van der Waals surface area contributed by atoms with Gasteiger partial charge in [-0.1, -0.05) is 65.2 Å². The third-order valence-electron chi connectivity index (χ3n) is 3.35. The molecule has 0 aliphatic rings. The second-order valence-electron chi connectivity index (χ2n) is 4.78. The van der Waals surface area contributed by atoms with Gasteiger partial charge < -0.3 is 4.89 Å². The van der Waals surface area contributed by atoms with Crippen LogP contribution in [0.25, 0.3) is 0 Å². The van der Waals surface area contributed by atoms with Crippen molar-refractivity contribution in [3.8, 4) is 0 Å². The first-order valence-corrected chi connectivity index (χ1v) is 9.42. The molecule has 0 N–H and O–H groups in total. The van der Waals surface area contributed by atoms with Crippen molar-refractivity contribution in [2.45, 2.75) is 0 Å². The van der Waals surface area contributed by atoms with Crippen LogP contribution in [0, 0.1) is 0 Å². The van der Waals surface area contributed by atoms with E-state index in [9.17, 15) is 9.46 Å². The maximum Gasteiger partial charge on any atom is 1.00 e. The fraction of sp³-hybridized carbons (Fsp3) is 0. The van der Waals surface area contributed by atoms with Crippen LogP contribution >= 0.6 is 15.9 Å². The SMILES string of the molecule is O=[P+]([O-])c1ccc(P(c2ccccc2)c2ccccc2)cc1.[Na+]. The third kappa shape index (κ3) is 4.58. The second kappa shape index (κ2) is 8.85. The first-order chi connectivity index (χ1) is 10.8. The Hall–Kier alpha value is -0.850. The Kier molecular flexibility index (Phi) is 7.11. The molecule has 0 aliphatic heterocycles. The van der Waals surface area contributed by atoms with Crippen LogP contribution in [0.15, 0.2) is 84.9 Å². The predicted molar refractivity (Wildman–Crippen MR) is 92.4 cm³/mol. The van der Waals surface area contributed by atoms with E-state index in [-0.39, 0.29) is 29.6 Å². The van der Waals surface area contributed by atoms with Crippen LogP contribution < -0.4 is 55.7 Å². The minimum atomic E-state index is -2.53. The molecule has 3 aromatic carbocycles. The molecule has 0 amide bonds. The van der Waals surface area contributed by atoms with Gasteiger partial charge in [-0.2, -0.15) is 0 Å². The first kappa shape index (κ1) is 18.5. The molecule has 0 spiro atoms. The van der Waals surface area contributed by atoms with Crippen LogP contribution in [0.3, 0.4) is 0 Å². The number of hydrogen-bond acceptors (Lipinski definition) is 2. The van der Waals surface area contributed by atoms with Crippen LogP contribution in [0.4, 0.5) is 0 Å². The topological polar surface area (TPSA) is 40.1 Å². The summed E-state index contributed by atoms with van der Waals surface area (Å²) in [4.78, 5) is 11.1. The zero-order valence-corrected chi connectivity index (χ0v) is 16.6. The van der Waals surface area contributed by atoms with Gasteiger partial charge in [0.2, 0.25) is 0 Å². The zero-order chi connectivity index (χ0) is 15.4. The molecule has 2 nitrogen and oxygen atoms in total. The van der Waals surface area contributed by atoms with Crippen molar-refractivity contribution in [3.63, 3.8) is 0 Å². The van der Waals surface area contributed by atoms with Crippen molar-refractivity contribution in [2.24, 2.45) is 0 Å². The van der Waals surface area contributed by atoms with Crippen molar-refractivity contribution in [2.75, 3.05) is 0 Å². The fourth-order valence-corrected chi connectivity index (χ4v) is 5.00. The van der Waals surface area contributed by atoms with Gasteiger partial charge in [-0.3, -0.25) is 0 Å². The maximum atomic E-state index is 11.1. The van der Waals surface area contributed by atoms with E-state index in [0.717, 1.165) is 5.30 Å². The van der Waals surface area contributed by atoms with Gasteiger partial charge in [-0.05, 0) is 48.1 Å². The summed E-state index contributed by atoms with van der Waals surface area (Å²) in [6.45, 7) is 0. The van der Waals surface area contributed by atoms with Gasteiger partial charge in [0.05, 0.1) is 0 Å². The molecule has 0 bridgehead atoms. The first-order valence-electron chi connectivity index (χ1n) is 6.90. The van der Waals surface area contributed by atoms with Gasteiger partial charge in [0.15, 0.2) is 5.30 Å². The van der Waals surface area contributed by atoms with E-state index in [1.54, 1.807) is 12.1 Å². The summed E-state index contributed by atoms with van der Waals surface area (Å²) in [7, 11) is -3.20. The molecule has 0 fully saturated rings. The van der Waals surface area contributed by atoms with Crippen LogP contribution in [0.1, 0.15) is 0 Å². The molecule has 0 saturated carbocycles. The zero-order valence-electron chi connectivity index (χ0n) is 12.8. The molecule has 23 heavy (non-hydrogen) atoms. The molecule has 1 atom stereocenters. The molecule has 0 saturated heterocycles. The van der Waals surface area contributed by atoms with Crippen molar-refractivity contribution in [3.05, 3.63) is 84.9 Å². The predicted octanol–water partition coefficient (Wildman–Crippen LogP) is -0.823. The third-order valence-corrected chi connectivity index (χ3v) is 6.51. The van der Waals surface area contributed by atoms with Gasteiger partial charge in [0, 0.05) is 0 Å². The van der Waals surface area contributed by atoms with E-state index < -0.39 is 15.9 Å². The molecule has 0 radical (unpaired) electrons. The Morgan fingerprint density at radius 3 is 1.43 bits per heavy atom. The largest absolute Gasteiger partial charge is 1.00 e. The fourth-order valence-electron chi connectivity index (χ4n) is 2.32.